The molecule has 0 radical (unpaired) electrons. The molecule has 3 rings (SSSR count). The summed E-state index contributed by atoms with van der Waals surface area (Å²) < 4.78 is 0. The second kappa shape index (κ2) is 2.82. The van der Waals surface area contributed by atoms with Crippen molar-refractivity contribution < 1.29 is 0 Å². The molecule has 4 nitrogen and oxygen atoms in total. The van der Waals surface area contributed by atoms with Gasteiger partial charge < -0.3 is 5.32 Å². The Balaban J connectivity index is 2.38. The molecular weight excluding hydrogens is 175 g/mol. The molecule has 0 saturated carbocycles. The number of aromatic nitrogens is 3. The van der Waals surface area contributed by atoms with Gasteiger partial charge in [-0.1, -0.05) is 0 Å². The number of aromatic amines is 1. The molecule has 0 aromatic carbocycles. The number of nitrogens with one attached hydrogen (secondary N) is 2. The average molecular weight is 186 g/mol. The van der Waals surface area contributed by atoms with E-state index in [1.165, 1.54) is 16.5 Å². The molecule has 0 atom stereocenters. The molecule has 0 bridgehead atoms. The Labute approximate surface area is 82.5 Å². The van der Waals surface area contributed by atoms with Gasteiger partial charge in [0.25, 0.3) is 0 Å². The summed E-state index contributed by atoms with van der Waals surface area (Å²) in [6.45, 7) is 1.99. The number of hydrogen-bond acceptors (Lipinski definition) is 3. The predicted molar refractivity (Wildman–Crippen MR) is 57.5 cm³/mol. The largest absolute Gasteiger partial charge is 0.312 e. The van der Waals surface area contributed by atoms with Crippen LogP contribution in [0.2, 0.25) is 0 Å². The first-order chi connectivity index (χ1) is 6.86. The molecule has 2 aromatic heterocycles. The van der Waals surface area contributed by atoms with Gasteiger partial charge in [0.1, 0.15) is 0 Å². The van der Waals surface area contributed by atoms with Gasteiger partial charge in [-0.2, -0.15) is 5.10 Å². The first-order valence-electron chi connectivity index (χ1n) is 4.88. The highest BCUT2D eigenvalue weighted by atomic mass is 15.1. The minimum Gasteiger partial charge on any atom is -0.312 e. The third-order valence-corrected chi connectivity index (χ3v) is 2.83. The summed E-state index contributed by atoms with van der Waals surface area (Å²) in [5, 5.41) is 11.7. The van der Waals surface area contributed by atoms with Crippen molar-refractivity contribution >= 4 is 24.5 Å². The summed E-state index contributed by atoms with van der Waals surface area (Å²) in [6.07, 6.45) is 3.02. The highest BCUT2D eigenvalue weighted by Gasteiger charge is 2.15. The standard InChI is InChI=1S/C9H11BN4/c10-8-7-6-1-2-11-3-5(6)4-12-9(7)14-13-8/h4,11H,1-3,10H2,(H,12,13,14). The van der Waals surface area contributed by atoms with Crippen LogP contribution in [-0.2, 0) is 13.0 Å². The van der Waals surface area contributed by atoms with Crippen molar-refractivity contribution in [3.05, 3.63) is 17.3 Å². The van der Waals surface area contributed by atoms with Crippen LogP contribution in [0.15, 0.2) is 6.20 Å². The van der Waals surface area contributed by atoms with E-state index in [1.54, 1.807) is 0 Å². The smallest absolute Gasteiger partial charge is 0.167 e. The summed E-state index contributed by atoms with van der Waals surface area (Å²) in [7, 11) is 2.03. The first kappa shape index (κ1) is 7.99. The van der Waals surface area contributed by atoms with Gasteiger partial charge in [-0.25, -0.2) is 4.98 Å². The third kappa shape index (κ3) is 0.989. The lowest BCUT2D eigenvalue weighted by molar-refractivity contribution is 0.645. The highest BCUT2D eigenvalue weighted by Crippen LogP contribution is 2.19. The summed E-state index contributed by atoms with van der Waals surface area (Å²) in [4.78, 5) is 4.36. The normalized spacial score (nSPS) is 15.7. The highest BCUT2D eigenvalue weighted by molar-refractivity contribution is 6.37. The summed E-state index contributed by atoms with van der Waals surface area (Å²) >= 11 is 0. The van der Waals surface area contributed by atoms with Gasteiger partial charge in [-0.15, -0.1) is 0 Å². The fourth-order valence-corrected chi connectivity index (χ4v) is 2.13. The topological polar surface area (TPSA) is 53.6 Å². The van der Waals surface area contributed by atoms with Crippen LogP contribution < -0.4 is 10.9 Å². The molecule has 5 heteroatoms. The Morgan fingerprint density at radius 2 is 2.36 bits per heavy atom. The number of H-pyrrole nitrogens is 1. The van der Waals surface area contributed by atoms with Gasteiger partial charge >= 0.3 is 0 Å². The van der Waals surface area contributed by atoms with Crippen LogP contribution in [-0.4, -0.2) is 29.6 Å². The molecule has 1 aliphatic heterocycles. The van der Waals surface area contributed by atoms with E-state index in [-0.39, 0.29) is 0 Å². The number of pyridine rings is 1. The lowest BCUT2D eigenvalue weighted by Crippen LogP contribution is -2.25. The van der Waals surface area contributed by atoms with Crippen molar-refractivity contribution in [2.24, 2.45) is 0 Å². The van der Waals surface area contributed by atoms with Gasteiger partial charge in [-0.3, -0.25) is 5.10 Å². The lowest BCUT2D eigenvalue weighted by atomic mass is 9.93. The zero-order valence-corrected chi connectivity index (χ0v) is 8.09. The number of nitrogens with zero attached hydrogens (tertiary/aromatic N) is 2. The number of rotatable bonds is 0. The zero-order chi connectivity index (χ0) is 9.54. The first-order valence-corrected chi connectivity index (χ1v) is 4.88. The second-order valence-corrected chi connectivity index (χ2v) is 3.72. The second-order valence-electron chi connectivity index (χ2n) is 3.72. The van der Waals surface area contributed by atoms with E-state index in [9.17, 15) is 0 Å². The summed E-state index contributed by atoms with van der Waals surface area (Å²) in [6, 6.07) is 0. The molecule has 0 spiro atoms. The molecule has 2 N–H and O–H groups in total. The number of hydrogen-bond donors (Lipinski definition) is 2. The maximum absolute atomic E-state index is 4.36. The lowest BCUT2D eigenvalue weighted by Gasteiger charge is -2.17. The molecule has 1 aliphatic rings. The van der Waals surface area contributed by atoms with Gasteiger partial charge in [0.05, 0.1) is 0 Å². The monoisotopic (exact) mass is 186 g/mol. The summed E-state index contributed by atoms with van der Waals surface area (Å²) in [5.41, 5.74) is 4.71. The molecule has 2 aromatic rings. The van der Waals surface area contributed by atoms with E-state index in [0.29, 0.717) is 0 Å². The van der Waals surface area contributed by atoms with Crippen LogP contribution in [0.25, 0.3) is 11.0 Å². The van der Waals surface area contributed by atoms with Crippen LogP contribution >= 0.6 is 0 Å². The number of fused-ring (bicyclic) bond motifs is 3. The Hall–Kier alpha value is -1.36. The molecule has 0 amide bonds. The van der Waals surface area contributed by atoms with E-state index in [1.807, 2.05) is 14.0 Å². The van der Waals surface area contributed by atoms with Crippen molar-refractivity contribution in [3.8, 4) is 0 Å². The third-order valence-electron chi connectivity index (χ3n) is 2.83. The average Bonchev–Trinajstić information content (AvgIpc) is 2.61. The van der Waals surface area contributed by atoms with Crippen LogP contribution in [0.3, 0.4) is 0 Å². The molecule has 70 valence electrons. The van der Waals surface area contributed by atoms with Crippen molar-refractivity contribution in [3.63, 3.8) is 0 Å². The van der Waals surface area contributed by atoms with Crippen LogP contribution in [0, 0.1) is 0 Å². The van der Waals surface area contributed by atoms with Crippen LogP contribution in [0.4, 0.5) is 0 Å². The predicted octanol–water partition coefficient (Wildman–Crippen LogP) is -1.14. The minimum absolute atomic E-state index is 0.920. The van der Waals surface area contributed by atoms with Crippen molar-refractivity contribution in [1.29, 1.82) is 0 Å². The van der Waals surface area contributed by atoms with E-state index >= 15 is 0 Å². The fourth-order valence-electron chi connectivity index (χ4n) is 2.13. The Bertz CT molecular complexity index is 491. The Morgan fingerprint density at radius 1 is 1.43 bits per heavy atom. The van der Waals surface area contributed by atoms with Crippen molar-refractivity contribution in [2.75, 3.05) is 6.54 Å². The van der Waals surface area contributed by atoms with E-state index in [2.05, 4.69) is 20.5 Å². The van der Waals surface area contributed by atoms with Gasteiger partial charge in [0, 0.05) is 23.7 Å². The van der Waals surface area contributed by atoms with Gasteiger partial charge in [0.15, 0.2) is 13.5 Å². The molecule has 0 unspecified atom stereocenters. The van der Waals surface area contributed by atoms with E-state index < -0.39 is 0 Å². The van der Waals surface area contributed by atoms with Crippen molar-refractivity contribution in [2.45, 2.75) is 13.0 Å². The maximum atomic E-state index is 4.36. The fraction of sp³-hybridized carbons (Fsp3) is 0.333. The molecule has 0 fully saturated rings. The van der Waals surface area contributed by atoms with Crippen LogP contribution in [0.1, 0.15) is 11.1 Å². The van der Waals surface area contributed by atoms with E-state index in [4.69, 9.17) is 0 Å². The maximum Gasteiger partial charge on any atom is 0.167 e. The Kier molecular flexibility index (Phi) is 1.61. The van der Waals surface area contributed by atoms with Gasteiger partial charge in [0.2, 0.25) is 0 Å². The Morgan fingerprint density at radius 3 is 3.29 bits per heavy atom. The molecule has 0 saturated heterocycles. The quantitative estimate of drug-likeness (QED) is 0.511. The molecule has 3 heterocycles. The van der Waals surface area contributed by atoms with Crippen molar-refractivity contribution in [1.82, 2.24) is 20.5 Å². The van der Waals surface area contributed by atoms with Crippen LogP contribution in [0.5, 0.6) is 0 Å². The zero-order valence-electron chi connectivity index (χ0n) is 8.09. The molecule has 14 heavy (non-hydrogen) atoms. The molecular formula is C9H11BN4. The van der Waals surface area contributed by atoms with Gasteiger partial charge in [-0.05, 0) is 24.1 Å². The van der Waals surface area contributed by atoms with E-state index in [0.717, 1.165) is 30.8 Å². The SMILES string of the molecule is Bc1n[nH]c2ncc3c(c12)CCNC3. The molecule has 0 aliphatic carbocycles. The summed E-state index contributed by atoms with van der Waals surface area (Å²) in [5.74, 6) is 0. The minimum atomic E-state index is 0.920.